The first-order chi connectivity index (χ1) is 4.36. The van der Waals surface area contributed by atoms with Crippen LogP contribution >= 0.6 is 0 Å². The molecule has 1 heterocycles. The Labute approximate surface area is 54.5 Å². The molecule has 3 nitrogen and oxygen atoms in total. The number of H-pyrrole nitrogens is 1. The molecule has 3 heteroatoms. The molecule has 0 aromatic carbocycles. The second-order valence-corrected chi connectivity index (χ2v) is 1.88. The highest BCUT2D eigenvalue weighted by Gasteiger charge is 1.93. The summed E-state index contributed by atoms with van der Waals surface area (Å²) in [6.45, 7) is 2.08. The van der Waals surface area contributed by atoms with Crippen LogP contribution < -0.4 is 5.32 Å². The van der Waals surface area contributed by atoms with Crippen molar-refractivity contribution in [2.24, 2.45) is 0 Å². The van der Waals surface area contributed by atoms with Gasteiger partial charge in [0.05, 0.1) is 5.69 Å². The summed E-state index contributed by atoms with van der Waals surface area (Å²) in [5.41, 5.74) is 1.10. The molecular weight excluding hydrogens is 114 g/mol. The van der Waals surface area contributed by atoms with Crippen LogP contribution in [0.4, 0.5) is 5.82 Å². The molecule has 50 valence electrons. The first kappa shape index (κ1) is 6.13. The first-order valence-corrected chi connectivity index (χ1v) is 3.09. The SMILES string of the molecule is CCc1cc(NC)[nH]n1. The smallest absolute Gasteiger partial charge is 0.121 e. The lowest BCUT2D eigenvalue weighted by molar-refractivity contribution is 0.975. The molecule has 0 fully saturated rings. The second-order valence-electron chi connectivity index (χ2n) is 1.88. The molecule has 0 bridgehead atoms. The number of nitrogens with zero attached hydrogens (tertiary/aromatic N) is 1. The Morgan fingerprint density at radius 3 is 2.89 bits per heavy atom. The Hall–Kier alpha value is -0.990. The monoisotopic (exact) mass is 125 g/mol. The molecule has 0 saturated carbocycles. The molecular formula is C6H11N3. The van der Waals surface area contributed by atoms with Gasteiger partial charge in [0.25, 0.3) is 0 Å². The van der Waals surface area contributed by atoms with E-state index in [1.807, 2.05) is 13.1 Å². The van der Waals surface area contributed by atoms with E-state index in [1.165, 1.54) is 0 Å². The Morgan fingerprint density at radius 2 is 2.56 bits per heavy atom. The largest absolute Gasteiger partial charge is 0.374 e. The number of aromatic nitrogens is 2. The van der Waals surface area contributed by atoms with E-state index in [-0.39, 0.29) is 0 Å². The van der Waals surface area contributed by atoms with Gasteiger partial charge in [-0.25, -0.2) is 0 Å². The summed E-state index contributed by atoms with van der Waals surface area (Å²) in [5.74, 6) is 0.979. The van der Waals surface area contributed by atoms with E-state index in [0.717, 1.165) is 17.9 Å². The van der Waals surface area contributed by atoms with Crippen LogP contribution in [-0.4, -0.2) is 17.2 Å². The molecule has 0 aliphatic heterocycles. The van der Waals surface area contributed by atoms with Crippen molar-refractivity contribution in [2.75, 3.05) is 12.4 Å². The van der Waals surface area contributed by atoms with E-state index >= 15 is 0 Å². The zero-order valence-corrected chi connectivity index (χ0v) is 5.73. The van der Waals surface area contributed by atoms with E-state index in [0.29, 0.717) is 0 Å². The topological polar surface area (TPSA) is 40.7 Å². The van der Waals surface area contributed by atoms with Crippen LogP contribution in [-0.2, 0) is 6.42 Å². The third-order valence-corrected chi connectivity index (χ3v) is 1.26. The minimum Gasteiger partial charge on any atom is -0.374 e. The summed E-state index contributed by atoms with van der Waals surface area (Å²) in [6, 6.07) is 2.00. The van der Waals surface area contributed by atoms with Crippen LogP contribution in [0.5, 0.6) is 0 Å². The van der Waals surface area contributed by atoms with Crippen LogP contribution in [0.15, 0.2) is 6.07 Å². The Morgan fingerprint density at radius 1 is 1.78 bits per heavy atom. The molecule has 0 amide bonds. The maximum atomic E-state index is 4.02. The van der Waals surface area contributed by atoms with Gasteiger partial charge < -0.3 is 5.32 Å². The van der Waals surface area contributed by atoms with Crippen LogP contribution in [0.25, 0.3) is 0 Å². The van der Waals surface area contributed by atoms with Crippen molar-refractivity contribution in [1.82, 2.24) is 10.2 Å². The van der Waals surface area contributed by atoms with Crippen LogP contribution in [0.2, 0.25) is 0 Å². The highest BCUT2D eigenvalue weighted by atomic mass is 15.2. The highest BCUT2D eigenvalue weighted by molar-refractivity contribution is 5.33. The molecule has 0 saturated heterocycles. The molecule has 1 rings (SSSR count). The third-order valence-electron chi connectivity index (χ3n) is 1.26. The zero-order valence-electron chi connectivity index (χ0n) is 5.73. The summed E-state index contributed by atoms with van der Waals surface area (Å²) in [7, 11) is 1.87. The van der Waals surface area contributed by atoms with Crippen molar-refractivity contribution in [3.63, 3.8) is 0 Å². The first-order valence-electron chi connectivity index (χ1n) is 3.09. The van der Waals surface area contributed by atoms with Gasteiger partial charge in [-0.1, -0.05) is 6.92 Å². The van der Waals surface area contributed by atoms with E-state index in [2.05, 4.69) is 22.4 Å². The molecule has 2 N–H and O–H groups in total. The van der Waals surface area contributed by atoms with Gasteiger partial charge in [-0.2, -0.15) is 5.10 Å². The summed E-state index contributed by atoms with van der Waals surface area (Å²) in [6.07, 6.45) is 0.984. The predicted molar refractivity (Wildman–Crippen MR) is 37.5 cm³/mol. The maximum absolute atomic E-state index is 4.02. The fourth-order valence-corrected chi connectivity index (χ4v) is 0.672. The quantitative estimate of drug-likeness (QED) is 0.619. The molecule has 0 aliphatic rings. The van der Waals surface area contributed by atoms with E-state index in [4.69, 9.17) is 0 Å². The van der Waals surface area contributed by atoms with Crippen molar-refractivity contribution >= 4 is 5.82 Å². The molecule has 1 aromatic rings. The number of hydrogen-bond donors (Lipinski definition) is 2. The van der Waals surface area contributed by atoms with Crippen LogP contribution in [0, 0.1) is 0 Å². The average molecular weight is 125 g/mol. The maximum Gasteiger partial charge on any atom is 0.121 e. The van der Waals surface area contributed by atoms with Crippen molar-refractivity contribution in [2.45, 2.75) is 13.3 Å². The van der Waals surface area contributed by atoms with Crippen molar-refractivity contribution < 1.29 is 0 Å². The van der Waals surface area contributed by atoms with E-state index in [9.17, 15) is 0 Å². The van der Waals surface area contributed by atoms with Crippen LogP contribution in [0.1, 0.15) is 12.6 Å². The van der Waals surface area contributed by atoms with Gasteiger partial charge in [-0.15, -0.1) is 0 Å². The van der Waals surface area contributed by atoms with Crippen LogP contribution in [0.3, 0.4) is 0 Å². The predicted octanol–water partition coefficient (Wildman–Crippen LogP) is 1.01. The Bertz CT molecular complexity index is 162. The third kappa shape index (κ3) is 1.22. The molecule has 1 aromatic heterocycles. The van der Waals surface area contributed by atoms with Crippen molar-refractivity contribution in [3.8, 4) is 0 Å². The number of anilines is 1. The van der Waals surface area contributed by atoms with E-state index in [1.54, 1.807) is 0 Å². The lowest BCUT2D eigenvalue weighted by atomic mass is 10.3. The highest BCUT2D eigenvalue weighted by Crippen LogP contribution is 2.03. The van der Waals surface area contributed by atoms with Gasteiger partial charge in [0, 0.05) is 13.1 Å². The average Bonchev–Trinajstić information content (AvgIpc) is 2.34. The lowest BCUT2D eigenvalue weighted by Gasteiger charge is -1.86. The second kappa shape index (κ2) is 2.53. The fraction of sp³-hybridized carbons (Fsp3) is 0.500. The molecule has 0 aliphatic carbocycles. The molecule has 0 atom stereocenters. The van der Waals surface area contributed by atoms with Crippen molar-refractivity contribution in [3.05, 3.63) is 11.8 Å². The number of hydrogen-bond acceptors (Lipinski definition) is 2. The minimum atomic E-state index is 0.979. The van der Waals surface area contributed by atoms with Gasteiger partial charge in [0.2, 0.25) is 0 Å². The zero-order chi connectivity index (χ0) is 6.69. The molecule has 0 unspecified atom stereocenters. The Balaban J connectivity index is 2.74. The van der Waals surface area contributed by atoms with Gasteiger partial charge in [0.15, 0.2) is 0 Å². The summed E-state index contributed by atoms with van der Waals surface area (Å²) in [5, 5.41) is 9.83. The van der Waals surface area contributed by atoms with Gasteiger partial charge in [-0.3, -0.25) is 5.10 Å². The fourth-order valence-electron chi connectivity index (χ4n) is 0.672. The molecule has 9 heavy (non-hydrogen) atoms. The number of aryl methyl sites for hydroxylation is 1. The van der Waals surface area contributed by atoms with Gasteiger partial charge in [-0.05, 0) is 6.42 Å². The van der Waals surface area contributed by atoms with Gasteiger partial charge >= 0.3 is 0 Å². The lowest BCUT2D eigenvalue weighted by Crippen LogP contribution is -1.85. The molecule has 0 spiro atoms. The summed E-state index contributed by atoms with van der Waals surface area (Å²) in [4.78, 5) is 0. The number of aromatic amines is 1. The number of rotatable bonds is 2. The normalized spacial score (nSPS) is 9.56. The van der Waals surface area contributed by atoms with E-state index < -0.39 is 0 Å². The number of nitrogens with one attached hydrogen (secondary N) is 2. The standard InChI is InChI=1S/C6H11N3/c1-3-5-4-6(7-2)9-8-5/h4H,3H2,1-2H3,(H2,7,8,9). The molecule has 0 radical (unpaired) electrons. The summed E-state index contributed by atoms with van der Waals surface area (Å²) >= 11 is 0. The Kier molecular flexibility index (Phi) is 1.72. The van der Waals surface area contributed by atoms with Gasteiger partial charge in [0.1, 0.15) is 5.82 Å². The summed E-state index contributed by atoms with van der Waals surface area (Å²) < 4.78 is 0. The van der Waals surface area contributed by atoms with Crippen molar-refractivity contribution in [1.29, 1.82) is 0 Å². The minimum absolute atomic E-state index is 0.979.